The first-order valence-electron chi connectivity index (χ1n) is 9.05. The number of benzene rings is 2. The van der Waals surface area contributed by atoms with Gasteiger partial charge in [-0.15, -0.1) is 0 Å². The van der Waals surface area contributed by atoms with Crippen molar-refractivity contribution in [1.82, 2.24) is 0 Å². The quantitative estimate of drug-likeness (QED) is 0.428. The summed E-state index contributed by atoms with van der Waals surface area (Å²) in [5, 5.41) is 0. The summed E-state index contributed by atoms with van der Waals surface area (Å²) in [5.74, 6) is 0.116. The lowest BCUT2D eigenvalue weighted by atomic mass is 9.81. The minimum Gasteiger partial charge on any atom is -0.274 e. The van der Waals surface area contributed by atoms with Crippen LogP contribution < -0.4 is 4.90 Å². The Morgan fingerprint density at radius 1 is 0.778 bits per heavy atom. The second-order valence-corrected chi connectivity index (χ2v) is 10.7. The number of carbonyl (C=O) groups is 2. The van der Waals surface area contributed by atoms with Crippen molar-refractivity contribution in [3.8, 4) is 0 Å². The van der Waals surface area contributed by atoms with Crippen molar-refractivity contribution in [2.24, 2.45) is 23.7 Å². The second kappa shape index (κ2) is 6.75. The minimum atomic E-state index is -0.168. The topological polar surface area (TPSA) is 37.4 Å². The molecule has 2 aromatic rings. The van der Waals surface area contributed by atoms with Gasteiger partial charge in [-0.3, -0.25) is 14.5 Å². The number of carbonyl (C=O) groups excluding carboxylic acids is 2. The molecule has 0 N–H and O–H groups in total. The maximum atomic E-state index is 13.1. The molecule has 2 aromatic carbocycles. The zero-order chi connectivity index (χ0) is 18.7. The highest BCUT2D eigenvalue weighted by Gasteiger charge is 2.66. The van der Waals surface area contributed by atoms with Crippen molar-refractivity contribution in [3.63, 3.8) is 0 Å². The van der Waals surface area contributed by atoms with Crippen LogP contribution in [0.15, 0.2) is 64.4 Å². The van der Waals surface area contributed by atoms with Gasteiger partial charge in [0.05, 0.1) is 17.5 Å². The number of rotatable bonds is 3. The molecule has 138 valence electrons. The van der Waals surface area contributed by atoms with Crippen molar-refractivity contribution < 1.29 is 9.59 Å². The normalized spacial score (nSPS) is 34.4. The number of alkyl halides is 2. The Hall–Kier alpha value is -1.11. The van der Waals surface area contributed by atoms with Crippen LogP contribution in [-0.2, 0) is 9.59 Å². The molecule has 1 aliphatic heterocycles. The fraction of sp³-hybridized carbons (Fsp3) is 0.333. The lowest BCUT2D eigenvalue weighted by Gasteiger charge is -2.28. The van der Waals surface area contributed by atoms with Gasteiger partial charge in [0.25, 0.3) is 0 Å². The van der Waals surface area contributed by atoms with Gasteiger partial charge in [-0.25, -0.2) is 0 Å². The van der Waals surface area contributed by atoms with Gasteiger partial charge < -0.3 is 0 Å². The molecule has 2 saturated carbocycles. The SMILES string of the molecule is O=C1C2C3CC(C(Br)C3Br)C2C(=O)N1c1ccc(Sc2ccccc2)cc1. The predicted molar refractivity (Wildman–Crippen MR) is 114 cm³/mol. The van der Waals surface area contributed by atoms with Crippen LogP contribution in [0.3, 0.4) is 0 Å². The Morgan fingerprint density at radius 2 is 1.30 bits per heavy atom. The van der Waals surface area contributed by atoms with E-state index in [-0.39, 0.29) is 45.1 Å². The highest BCUT2D eigenvalue weighted by molar-refractivity contribution is 9.12. The molecule has 1 heterocycles. The molecular weight excluding hydrogens is 490 g/mol. The summed E-state index contributed by atoms with van der Waals surface area (Å²) in [6.07, 6.45) is 0.957. The fourth-order valence-electron chi connectivity index (χ4n) is 4.89. The molecule has 2 bridgehead atoms. The lowest BCUT2D eigenvalue weighted by Crippen LogP contribution is -2.37. The van der Waals surface area contributed by atoms with Crippen LogP contribution in [0.4, 0.5) is 5.69 Å². The first-order valence-corrected chi connectivity index (χ1v) is 11.7. The summed E-state index contributed by atoms with van der Waals surface area (Å²) in [6, 6.07) is 17.9. The number of nitrogens with zero attached hydrogens (tertiary/aromatic N) is 1. The number of amides is 2. The average molecular weight is 507 g/mol. The zero-order valence-electron chi connectivity index (χ0n) is 14.3. The van der Waals surface area contributed by atoms with Crippen LogP contribution in [0.25, 0.3) is 0 Å². The van der Waals surface area contributed by atoms with Gasteiger partial charge in [0.15, 0.2) is 0 Å². The average Bonchev–Trinajstić information content (AvgIpc) is 3.29. The first kappa shape index (κ1) is 18.0. The van der Waals surface area contributed by atoms with E-state index in [0.717, 1.165) is 16.2 Å². The standard InChI is InChI=1S/C21H17Br2NO2S/c22-18-14-10-15(19(18)23)17-16(14)20(25)24(21(17)26)11-6-8-13(9-7-11)27-12-4-2-1-3-5-12/h1-9,14-19H,10H2. The summed E-state index contributed by atoms with van der Waals surface area (Å²) in [6.45, 7) is 0. The predicted octanol–water partition coefficient (Wildman–Crippen LogP) is 5.12. The van der Waals surface area contributed by atoms with Crippen LogP contribution in [0.1, 0.15) is 6.42 Å². The van der Waals surface area contributed by atoms with Crippen LogP contribution in [-0.4, -0.2) is 21.5 Å². The largest absolute Gasteiger partial charge is 0.274 e. The number of fused-ring (bicyclic) bond motifs is 5. The molecule has 6 unspecified atom stereocenters. The first-order chi connectivity index (χ1) is 13.1. The molecule has 27 heavy (non-hydrogen) atoms. The minimum absolute atomic E-state index is 0.0233. The summed E-state index contributed by atoms with van der Waals surface area (Å²) >= 11 is 9.13. The van der Waals surface area contributed by atoms with E-state index < -0.39 is 0 Å². The van der Waals surface area contributed by atoms with Gasteiger partial charge in [-0.05, 0) is 54.7 Å². The third-order valence-electron chi connectivity index (χ3n) is 6.06. The number of hydrogen-bond donors (Lipinski definition) is 0. The third-order valence-corrected chi connectivity index (χ3v) is 10.3. The maximum absolute atomic E-state index is 13.1. The number of halogens is 2. The van der Waals surface area contributed by atoms with E-state index in [2.05, 4.69) is 44.0 Å². The van der Waals surface area contributed by atoms with E-state index in [9.17, 15) is 9.59 Å². The molecule has 2 amide bonds. The lowest BCUT2D eigenvalue weighted by molar-refractivity contribution is -0.123. The molecule has 6 atom stereocenters. The summed E-state index contributed by atoms with van der Waals surface area (Å²) in [7, 11) is 0. The van der Waals surface area contributed by atoms with E-state index in [1.807, 2.05) is 42.5 Å². The van der Waals surface area contributed by atoms with Crippen LogP contribution in [0.2, 0.25) is 0 Å². The van der Waals surface area contributed by atoms with Gasteiger partial charge >= 0.3 is 0 Å². The van der Waals surface area contributed by atoms with Crippen LogP contribution in [0.5, 0.6) is 0 Å². The monoisotopic (exact) mass is 505 g/mol. The van der Waals surface area contributed by atoms with E-state index >= 15 is 0 Å². The van der Waals surface area contributed by atoms with E-state index in [0.29, 0.717) is 5.69 Å². The molecule has 3 fully saturated rings. The number of hydrogen-bond acceptors (Lipinski definition) is 3. The van der Waals surface area contributed by atoms with Crippen molar-refractivity contribution >= 4 is 61.1 Å². The molecule has 3 aliphatic rings. The van der Waals surface area contributed by atoms with Gasteiger partial charge in [0, 0.05) is 19.4 Å². The summed E-state index contributed by atoms with van der Waals surface area (Å²) in [5.41, 5.74) is 0.688. The van der Waals surface area contributed by atoms with Crippen molar-refractivity contribution in [2.75, 3.05) is 4.90 Å². The van der Waals surface area contributed by atoms with E-state index in [1.165, 1.54) is 4.90 Å². The van der Waals surface area contributed by atoms with Crippen LogP contribution >= 0.6 is 43.6 Å². The van der Waals surface area contributed by atoms with Gasteiger partial charge in [-0.1, -0.05) is 61.8 Å². The van der Waals surface area contributed by atoms with Crippen molar-refractivity contribution in [2.45, 2.75) is 25.9 Å². The molecule has 1 saturated heterocycles. The molecule has 0 radical (unpaired) electrons. The third kappa shape index (κ3) is 2.75. The van der Waals surface area contributed by atoms with Gasteiger partial charge in [-0.2, -0.15) is 0 Å². The fourth-order valence-corrected chi connectivity index (χ4v) is 7.60. The van der Waals surface area contributed by atoms with E-state index in [4.69, 9.17) is 0 Å². The van der Waals surface area contributed by atoms with Crippen LogP contribution in [0, 0.1) is 23.7 Å². The Bertz CT molecular complexity index is 872. The molecule has 3 nitrogen and oxygen atoms in total. The van der Waals surface area contributed by atoms with E-state index in [1.54, 1.807) is 11.8 Å². The van der Waals surface area contributed by atoms with Gasteiger partial charge in [0.1, 0.15) is 0 Å². The van der Waals surface area contributed by atoms with Gasteiger partial charge in [0.2, 0.25) is 11.8 Å². The maximum Gasteiger partial charge on any atom is 0.238 e. The number of anilines is 1. The molecule has 5 rings (SSSR count). The molecular formula is C21H17Br2NO2S. The summed E-state index contributed by atoms with van der Waals surface area (Å²) in [4.78, 5) is 30.4. The molecule has 0 aromatic heterocycles. The molecule has 2 aliphatic carbocycles. The van der Waals surface area contributed by atoms with Crippen molar-refractivity contribution in [3.05, 3.63) is 54.6 Å². The highest BCUT2D eigenvalue weighted by Crippen LogP contribution is 2.60. The Morgan fingerprint density at radius 3 is 1.85 bits per heavy atom. The second-order valence-electron chi connectivity index (χ2n) is 7.42. The van der Waals surface area contributed by atoms with Crippen molar-refractivity contribution in [1.29, 1.82) is 0 Å². The molecule has 0 spiro atoms. The number of imide groups is 1. The smallest absolute Gasteiger partial charge is 0.238 e. The zero-order valence-corrected chi connectivity index (χ0v) is 18.3. The Kier molecular flexibility index (Phi) is 4.49. The Balaban J connectivity index is 1.39. The summed E-state index contributed by atoms with van der Waals surface area (Å²) < 4.78 is 0. The highest BCUT2D eigenvalue weighted by atomic mass is 79.9. The molecule has 6 heteroatoms. The Labute approximate surface area is 179 Å².